The molecule has 0 fully saturated rings. The van der Waals surface area contributed by atoms with Gasteiger partial charge in [0.25, 0.3) is 5.91 Å². The second-order valence-electron chi connectivity index (χ2n) is 4.09. The van der Waals surface area contributed by atoms with E-state index >= 15 is 0 Å². The van der Waals surface area contributed by atoms with Crippen LogP contribution in [0.4, 0.5) is 0 Å². The molecule has 0 saturated heterocycles. The third-order valence-corrected chi connectivity index (χ3v) is 2.48. The van der Waals surface area contributed by atoms with Gasteiger partial charge in [-0.15, -0.1) is 11.5 Å². The van der Waals surface area contributed by atoms with Crippen LogP contribution in [-0.2, 0) is 5.41 Å². The number of hydrogen-bond donors (Lipinski definition) is 1. The third-order valence-electron chi connectivity index (χ3n) is 1.76. The molecule has 1 aromatic rings. The first-order chi connectivity index (χ1) is 6.96. The molecule has 0 saturated carbocycles. The van der Waals surface area contributed by atoms with E-state index in [0.29, 0.717) is 10.6 Å². The molecule has 80 valence electrons. The van der Waals surface area contributed by atoms with E-state index in [-0.39, 0.29) is 17.9 Å². The zero-order chi connectivity index (χ0) is 11.5. The van der Waals surface area contributed by atoms with Crippen molar-refractivity contribution in [3.05, 3.63) is 10.6 Å². The Hall–Kier alpha value is -1.41. The zero-order valence-corrected chi connectivity index (χ0v) is 9.81. The Morgan fingerprint density at radius 3 is 2.80 bits per heavy atom. The smallest absolute Gasteiger partial charge is 0.265 e. The number of carbonyl (C=O) groups excluding carboxylic acids is 1. The first kappa shape index (κ1) is 11.7. The van der Waals surface area contributed by atoms with Gasteiger partial charge in [0, 0.05) is 5.41 Å². The SMILES string of the molecule is C#CCNC(=O)c1snnc1C(C)(C)C. The summed E-state index contributed by atoms with van der Waals surface area (Å²) in [7, 11) is 0. The van der Waals surface area contributed by atoms with Crippen LogP contribution in [0.1, 0.15) is 36.1 Å². The quantitative estimate of drug-likeness (QED) is 0.766. The summed E-state index contributed by atoms with van der Waals surface area (Å²) >= 11 is 1.09. The molecule has 0 bridgehead atoms. The van der Waals surface area contributed by atoms with Crippen molar-refractivity contribution in [2.24, 2.45) is 0 Å². The van der Waals surface area contributed by atoms with Crippen molar-refractivity contribution < 1.29 is 4.79 Å². The molecule has 1 heterocycles. The van der Waals surface area contributed by atoms with Gasteiger partial charge in [-0.25, -0.2) is 0 Å². The van der Waals surface area contributed by atoms with E-state index in [1.807, 2.05) is 20.8 Å². The molecule has 1 amide bonds. The van der Waals surface area contributed by atoms with E-state index in [1.54, 1.807) is 0 Å². The maximum atomic E-state index is 11.7. The highest BCUT2D eigenvalue weighted by molar-refractivity contribution is 7.08. The Morgan fingerprint density at radius 1 is 1.60 bits per heavy atom. The molecule has 1 aromatic heterocycles. The van der Waals surface area contributed by atoms with E-state index in [4.69, 9.17) is 6.42 Å². The fourth-order valence-electron chi connectivity index (χ4n) is 1.04. The molecule has 0 aromatic carbocycles. The van der Waals surface area contributed by atoms with Gasteiger partial charge in [-0.1, -0.05) is 31.2 Å². The van der Waals surface area contributed by atoms with Crippen molar-refractivity contribution in [2.75, 3.05) is 6.54 Å². The number of rotatable bonds is 2. The number of amides is 1. The van der Waals surface area contributed by atoms with E-state index in [1.165, 1.54) is 0 Å². The van der Waals surface area contributed by atoms with Gasteiger partial charge in [-0.05, 0) is 11.5 Å². The highest BCUT2D eigenvalue weighted by Crippen LogP contribution is 2.25. The minimum absolute atomic E-state index is 0.185. The summed E-state index contributed by atoms with van der Waals surface area (Å²) in [6.45, 7) is 6.19. The van der Waals surface area contributed by atoms with Crippen molar-refractivity contribution >= 4 is 17.4 Å². The van der Waals surface area contributed by atoms with Gasteiger partial charge in [-0.2, -0.15) is 0 Å². The summed E-state index contributed by atoms with van der Waals surface area (Å²) in [4.78, 5) is 12.2. The standard InChI is InChI=1S/C10H13N3OS/c1-5-6-11-9(14)7-8(10(2,3)4)12-13-15-7/h1H,6H2,2-4H3,(H,11,14). The van der Waals surface area contributed by atoms with Crippen molar-refractivity contribution in [1.82, 2.24) is 14.9 Å². The van der Waals surface area contributed by atoms with Gasteiger partial charge in [-0.3, -0.25) is 4.79 Å². The van der Waals surface area contributed by atoms with Crippen molar-refractivity contribution in [2.45, 2.75) is 26.2 Å². The molecular formula is C10H13N3OS. The minimum Gasteiger partial charge on any atom is -0.340 e. The Kier molecular flexibility index (Phi) is 3.43. The van der Waals surface area contributed by atoms with E-state index in [2.05, 4.69) is 20.8 Å². The third kappa shape index (κ3) is 2.77. The van der Waals surface area contributed by atoms with Crippen LogP contribution in [0.2, 0.25) is 0 Å². The van der Waals surface area contributed by atoms with Crippen LogP contribution in [0.5, 0.6) is 0 Å². The number of terminal acetylenes is 1. The Bertz CT molecular complexity index is 398. The second kappa shape index (κ2) is 4.41. The van der Waals surface area contributed by atoms with Crippen LogP contribution >= 0.6 is 11.5 Å². The molecule has 1 rings (SSSR count). The second-order valence-corrected chi connectivity index (χ2v) is 4.84. The van der Waals surface area contributed by atoms with Gasteiger partial charge < -0.3 is 5.32 Å². The lowest BCUT2D eigenvalue weighted by Gasteiger charge is -2.15. The normalized spacial score (nSPS) is 10.8. The molecule has 4 nitrogen and oxygen atoms in total. The monoisotopic (exact) mass is 223 g/mol. The van der Waals surface area contributed by atoms with E-state index < -0.39 is 0 Å². The molecule has 0 aliphatic rings. The molecular weight excluding hydrogens is 210 g/mol. The summed E-state index contributed by atoms with van der Waals surface area (Å²) in [5.74, 6) is 2.15. The molecule has 0 atom stereocenters. The van der Waals surface area contributed by atoms with Crippen LogP contribution in [0.15, 0.2) is 0 Å². The lowest BCUT2D eigenvalue weighted by atomic mass is 9.91. The number of nitrogens with one attached hydrogen (secondary N) is 1. The minimum atomic E-state index is -0.201. The molecule has 0 aliphatic carbocycles. The van der Waals surface area contributed by atoms with Gasteiger partial charge in [0.1, 0.15) is 4.88 Å². The average Bonchev–Trinajstić information content (AvgIpc) is 2.61. The number of carbonyl (C=O) groups is 1. The molecule has 15 heavy (non-hydrogen) atoms. The fraction of sp³-hybridized carbons (Fsp3) is 0.500. The van der Waals surface area contributed by atoms with Crippen LogP contribution in [0.25, 0.3) is 0 Å². The maximum absolute atomic E-state index is 11.7. The molecule has 0 unspecified atom stereocenters. The molecule has 0 radical (unpaired) electrons. The lowest BCUT2D eigenvalue weighted by Crippen LogP contribution is -2.26. The van der Waals surface area contributed by atoms with Gasteiger partial charge in [0.15, 0.2) is 0 Å². The Labute approximate surface area is 93.3 Å². The Morgan fingerprint density at radius 2 is 2.27 bits per heavy atom. The first-order valence-corrected chi connectivity index (χ1v) is 5.28. The van der Waals surface area contributed by atoms with Crippen LogP contribution < -0.4 is 5.32 Å². The fourth-order valence-corrected chi connectivity index (χ4v) is 1.83. The van der Waals surface area contributed by atoms with Crippen LogP contribution in [0.3, 0.4) is 0 Å². The highest BCUT2D eigenvalue weighted by Gasteiger charge is 2.25. The molecule has 0 aliphatic heterocycles. The van der Waals surface area contributed by atoms with Crippen molar-refractivity contribution in [3.63, 3.8) is 0 Å². The molecule has 5 heteroatoms. The van der Waals surface area contributed by atoms with E-state index in [0.717, 1.165) is 11.5 Å². The molecule has 1 N–H and O–H groups in total. The van der Waals surface area contributed by atoms with E-state index in [9.17, 15) is 4.79 Å². The summed E-state index contributed by atoms with van der Waals surface area (Å²) in [6.07, 6.45) is 5.06. The largest absolute Gasteiger partial charge is 0.340 e. The summed E-state index contributed by atoms with van der Waals surface area (Å²) in [5, 5.41) is 6.58. The maximum Gasteiger partial charge on any atom is 0.265 e. The zero-order valence-electron chi connectivity index (χ0n) is 9.00. The topological polar surface area (TPSA) is 54.9 Å². The predicted octanol–water partition coefficient (Wildman–Crippen LogP) is 1.20. The summed E-state index contributed by atoms with van der Waals surface area (Å²) in [5.41, 5.74) is 0.525. The lowest BCUT2D eigenvalue weighted by molar-refractivity contribution is 0.0960. The predicted molar refractivity (Wildman–Crippen MR) is 59.8 cm³/mol. The number of nitrogens with zero attached hydrogens (tertiary/aromatic N) is 2. The highest BCUT2D eigenvalue weighted by atomic mass is 32.1. The van der Waals surface area contributed by atoms with Gasteiger partial charge in [0.05, 0.1) is 12.2 Å². The number of hydrogen-bond acceptors (Lipinski definition) is 4. The van der Waals surface area contributed by atoms with Gasteiger partial charge in [0.2, 0.25) is 0 Å². The van der Waals surface area contributed by atoms with Crippen LogP contribution in [-0.4, -0.2) is 22.0 Å². The van der Waals surface area contributed by atoms with Crippen LogP contribution in [0, 0.1) is 12.3 Å². The average molecular weight is 223 g/mol. The van der Waals surface area contributed by atoms with Crippen molar-refractivity contribution in [3.8, 4) is 12.3 Å². The Balaban J connectivity index is 2.92. The molecule has 0 spiro atoms. The summed E-state index contributed by atoms with van der Waals surface area (Å²) in [6, 6.07) is 0. The first-order valence-electron chi connectivity index (χ1n) is 4.51. The summed E-state index contributed by atoms with van der Waals surface area (Å²) < 4.78 is 3.80. The van der Waals surface area contributed by atoms with Gasteiger partial charge >= 0.3 is 0 Å². The number of aromatic nitrogens is 2. The van der Waals surface area contributed by atoms with Crippen molar-refractivity contribution in [1.29, 1.82) is 0 Å².